The van der Waals surface area contributed by atoms with Crippen LogP contribution in [0.2, 0.25) is 0 Å². The molecule has 1 amide bonds. The van der Waals surface area contributed by atoms with Crippen molar-refractivity contribution in [1.29, 1.82) is 0 Å². The first-order chi connectivity index (χ1) is 13.4. The van der Waals surface area contributed by atoms with Gasteiger partial charge < -0.3 is 19.6 Å². The van der Waals surface area contributed by atoms with Crippen molar-refractivity contribution in [3.63, 3.8) is 0 Å². The van der Waals surface area contributed by atoms with Crippen molar-refractivity contribution in [2.24, 2.45) is 5.92 Å². The third-order valence-corrected chi connectivity index (χ3v) is 4.71. The molecule has 9 nitrogen and oxygen atoms in total. The molecular formula is C19H21N3O6. The van der Waals surface area contributed by atoms with Crippen LogP contribution in [0.1, 0.15) is 41.3 Å². The van der Waals surface area contributed by atoms with Crippen LogP contribution in [0.25, 0.3) is 0 Å². The number of amides is 1. The van der Waals surface area contributed by atoms with Crippen LogP contribution in [0.5, 0.6) is 5.75 Å². The van der Waals surface area contributed by atoms with E-state index in [-0.39, 0.29) is 18.3 Å². The number of H-pyrrole nitrogens is 1. The van der Waals surface area contributed by atoms with Gasteiger partial charge in [0, 0.05) is 6.54 Å². The molecule has 2 heterocycles. The van der Waals surface area contributed by atoms with E-state index < -0.39 is 35.1 Å². The molecule has 0 bridgehead atoms. The maximum Gasteiger partial charge on any atom is 0.410 e. The molecule has 0 radical (unpaired) electrons. The SMILES string of the molecule is COC(=O)c1nc([C@@H]2C(C)CCN2C(=O)OCc2ccccc2)[nH]c(=O)c1O. The van der Waals surface area contributed by atoms with Crippen LogP contribution in [0, 0.1) is 5.92 Å². The average molecular weight is 387 g/mol. The summed E-state index contributed by atoms with van der Waals surface area (Å²) in [6.07, 6.45) is 0.122. The molecule has 148 valence electrons. The Morgan fingerprint density at radius 2 is 2.04 bits per heavy atom. The molecule has 0 spiro atoms. The van der Waals surface area contributed by atoms with Crippen molar-refractivity contribution in [3.05, 3.63) is 57.8 Å². The number of aromatic nitrogens is 2. The van der Waals surface area contributed by atoms with Crippen LogP contribution in [0.4, 0.5) is 4.79 Å². The first-order valence-corrected chi connectivity index (χ1v) is 8.81. The van der Waals surface area contributed by atoms with Crippen molar-refractivity contribution in [2.45, 2.75) is 26.0 Å². The van der Waals surface area contributed by atoms with E-state index in [0.717, 1.165) is 12.7 Å². The molecule has 2 atom stereocenters. The number of methoxy groups -OCH3 is 1. The fourth-order valence-corrected chi connectivity index (χ4v) is 3.23. The number of aromatic amines is 1. The van der Waals surface area contributed by atoms with Gasteiger partial charge in [0.05, 0.1) is 13.2 Å². The third-order valence-electron chi connectivity index (χ3n) is 4.71. The predicted molar refractivity (Wildman–Crippen MR) is 97.7 cm³/mol. The molecular weight excluding hydrogens is 366 g/mol. The lowest BCUT2D eigenvalue weighted by atomic mass is 10.0. The summed E-state index contributed by atoms with van der Waals surface area (Å²) in [4.78, 5) is 44.4. The van der Waals surface area contributed by atoms with E-state index in [4.69, 9.17) is 4.74 Å². The number of carbonyl (C=O) groups excluding carboxylic acids is 2. The number of aromatic hydroxyl groups is 1. The largest absolute Gasteiger partial charge is 0.501 e. The molecule has 1 aliphatic heterocycles. The van der Waals surface area contributed by atoms with Crippen molar-refractivity contribution >= 4 is 12.1 Å². The molecule has 1 fully saturated rings. The minimum Gasteiger partial charge on any atom is -0.501 e. The van der Waals surface area contributed by atoms with E-state index in [0.29, 0.717) is 13.0 Å². The van der Waals surface area contributed by atoms with Crippen LogP contribution in [-0.4, -0.2) is 45.7 Å². The molecule has 1 aromatic heterocycles. The highest BCUT2D eigenvalue weighted by atomic mass is 16.6. The summed E-state index contributed by atoms with van der Waals surface area (Å²) in [7, 11) is 1.12. The molecule has 28 heavy (non-hydrogen) atoms. The minimum atomic E-state index is -0.936. The van der Waals surface area contributed by atoms with Gasteiger partial charge in [-0.3, -0.25) is 9.69 Å². The number of esters is 1. The van der Waals surface area contributed by atoms with Gasteiger partial charge in [-0.25, -0.2) is 14.6 Å². The van der Waals surface area contributed by atoms with Gasteiger partial charge in [-0.2, -0.15) is 0 Å². The summed E-state index contributed by atoms with van der Waals surface area (Å²) in [5, 5.41) is 9.81. The second-order valence-electron chi connectivity index (χ2n) is 6.58. The number of hydrogen-bond donors (Lipinski definition) is 2. The quantitative estimate of drug-likeness (QED) is 0.769. The van der Waals surface area contributed by atoms with E-state index in [1.807, 2.05) is 37.3 Å². The van der Waals surface area contributed by atoms with E-state index >= 15 is 0 Å². The lowest BCUT2D eigenvalue weighted by Gasteiger charge is -2.25. The summed E-state index contributed by atoms with van der Waals surface area (Å²) in [5.41, 5.74) is -0.510. The Balaban J connectivity index is 1.85. The minimum absolute atomic E-state index is 0.0394. The molecule has 1 saturated heterocycles. The number of likely N-dealkylation sites (tertiary alicyclic amines) is 1. The third kappa shape index (κ3) is 3.83. The summed E-state index contributed by atoms with van der Waals surface area (Å²) in [6.45, 7) is 2.43. The van der Waals surface area contributed by atoms with Crippen LogP contribution in [-0.2, 0) is 16.1 Å². The van der Waals surface area contributed by atoms with Crippen molar-refractivity contribution in [1.82, 2.24) is 14.9 Å². The van der Waals surface area contributed by atoms with Crippen LogP contribution < -0.4 is 5.56 Å². The molecule has 2 aromatic rings. The van der Waals surface area contributed by atoms with Crippen molar-refractivity contribution < 1.29 is 24.2 Å². The first kappa shape index (κ1) is 19.4. The molecule has 3 rings (SSSR count). The van der Waals surface area contributed by atoms with Gasteiger partial charge in [0.25, 0.3) is 5.56 Å². The second kappa shape index (κ2) is 8.12. The Labute approximate surface area is 160 Å². The highest BCUT2D eigenvalue weighted by Gasteiger charge is 2.39. The van der Waals surface area contributed by atoms with Gasteiger partial charge in [0.2, 0.25) is 5.75 Å². The normalized spacial score (nSPS) is 18.7. The molecule has 0 saturated carbocycles. The van der Waals surface area contributed by atoms with E-state index in [1.54, 1.807) is 0 Å². The second-order valence-corrected chi connectivity index (χ2v) is 6.58. The van der Waals surface area contributed by atoms with Crippen LogP contribution in [0.3, 0.4) is 0 Å². The maximum absolute atomic E-state index is 12.6. The topological polar surface area (TPSA) is 122 Å². The Kier molecular flexibility index (Phi) is 5.62. The lowest BCUT2D eigenvalue weighted by Crippen LogP contribution is -2.34. The van der Waals surface area contributed by atoms with Gasteiger partial charge in [-0.1, -0.05) is 37.3 Å². The van der Waals surface area contributed by atoms with Gasteiger partial charge in [-0.15, -0.1) is 0 Å². The van der Waals surface area contributed by atoms with Crippen LogP contribution >= 0.6 is 0 Å². The zero-order valence-corrected chi connectivity index (χ0v) is 15.5. The van der Waals surface area contributed by atoms with E-state index in [9.17, 15) is 19.5 Å². The van der Waals surface area contributed by atoms with Gasteiger partial charge in [0.15, 0.2) is 5.69 Å². The maximum atomic E-state index is 12.6. The Morgan fingerprint density at radius 1 is 1.32 bits per heavy atom. The zero-order valence-electron chi connectivity index (χ0n) is 15.5. The van der Waals surface area contributed by atoms with Gasteiger partial charge in [0.1, 0.15) is 12.4 Å². The predicted octanol–water partition coefficient (Wildman–Crippen LogP) is 1.98. The molecule has 1 unspecified atom stereocenters. The number of benzene rings is 1. The Morgan fingerprint density at radius 3 is 2.71 bits per heavy atom. The van der Waals surface area contributed by atoms with Gasteiger partial charge in [-0.05, 0) is 17.9 Å². The average Bonchev–Trinajstić information content (AvgIpc) is 3.09. The zero-order chi connectivity index (χ0) is 20.3. The summed E-state index contributed by atoms with van der Waals surface area (Å²) in [5.74, 6) is -1.69. The number of carbonyl (C=O) groups is 2. The highest BCUT2D eigenvalue weighted by Crippen LogP contribution is 2.36. The summed E-state index contributed by atoms with van der Waals surface area (Å²) in [6, 6.07) is 8.67. The summed E-state index contributed by atoms with van der Waals surface area (Å²) < 4.78 is 9.95. The molecule has 1 aliphatic rings. The summed E-state index contributed by atoms with van der Waals surface area (Å²) >= 11 is 0. The van der Waals surface area contributed by atoms with Crippen LogP contribution in [0.15, 0.2) is 35.1 Å². The Hall–Kier alpha value is -3.36. The number of rotatable bonds is 4. The van der Waals surface area contributed by atoms with E-state index in [2.05, 4.69) is 14.7 Å². The fraction of sp³-hybridized carbons (Fsp3) is 0.368. The monoisotopic (exact) mass is 387 g/mol. The van der Waals surface area contributed by atoms with Crippen molar-refractivity contribution in [3.8, 4) is 5.75 Å². The molecule has 1 aromatic carbocycles. The lowest BCUT2D eigenvalue weighted by molar-refractivity contribution is 0.0588. The fourth-order valence-electron chi connectivity index (χ4n) is 3.23. The number of nitrogens with zero attached hydrogens (tertiary/aromatic N) is 2. The molecule has 0 aliphatic carbocycles. The smallest absolute Gasteiger partial charge is 0.410 e. The molecule has 9 heteroatoms. The highest BCUT2D eigenvalue weighted by molar-refractivity contribution is 5.89. The number of nitrogens with one attached hydrogen (secondary N) is 1. The molecule has 2 N–H and O–H groups in total. The van der Waals surface area contributed by atoms with Gasteiger partial charge >= 0.3 is 12.1 Å². The van der Waals surface area contributed by atoms with Crippen molar-refractivity contribution in [2.75, 3.05) is 13.7 Å². The standard InChI is InChI=1S/C19H21N3O6/c1-11-8-9-22(19(26)28-10-12-6-4-3-5-7-12)14(11)16-20-13(18(25)27-2)15(23)17(24)21-16/h3-7,11,14,23H,8-10H2,1-2H3,(H,20,21,24)/t11?,14-/m0/s1. The number of ether oxygens (including phenoxy) is 2. The Bertz CT molecular complexity index is 927. The van der Waals surface area contributed by atoms with E-state index in [1.165, 1.54) is 4.90 Å². The number of hydrogen-bond acceptors (Lipinski definition) is 7. The first-order valence-electron chi connectivity index (χ1n) is 8.81.